The molecule has 6 nitrogen and oxygen atoms in total. The van der Waals surface area contributed by atoms with Crippen LogP contribution in [0.2, 0.25) is 0 Å². The molecule has 2 fully saturated rings. The number of aryl methyl sites for hydroxylation is 1. The van der Waals surface area contributed by atoms with E-state index >= 15 is 0 Å². The molecule has 0 bridgehead atoms. The van der Waals surface area contributed by atoms with E-state index in [9.17, 15) is 9.59 Å². The van der Waals surface area contributed by atoms with Crippen molar-refractivity contribution in [2.24, 2.45) is 11.8 Å². The summed E-state index contributed by atoms with van der Waals surface area (Å²) in [6, 6.07) is 9.24. The van der Waals surface area contributed by atoms with Crippen LogP contribution in [-0.2, 0) is 29.0 Å². The Kier molecular flexibility index (Phi) is 3.28. The van der Waals surface area contributed by atoms with E-state index in [0.717, 1.165) is 25.1 Å². The number of aromatic nitrogens is 2. The summed E-state index contributed by atoms with van der Waals surface area (Å²) >= 11 is 0. The zero-order valence-electron chi connectivity index (χ0n) is 13.9. The zero-order valence-corrected chi connectivity index (χ0v) is 13.9. The second-order valence-corrected chi connectivity index (χ2v) is 7.24. The number of hydrogen-bond acceptors (Lipinski definition) is 4. The van der Waals surface area contributed by atoms with Crippen LogP contribution in [0, 0.1) is 11.8 Å². The van der Waals surface area contributed by atoms with Gasteiger partial charge < -0.3 is 0 Å². The smallest absolute Gasteiger partial charge is 0.239 e. The van der Waals surface area contributed by atoms with Crippen LogP contribution in [0.15, 0.2) is 30.3 Å². The normalized spacial score (nSPS) is 25.7. The number of hydrogen-bond donors (Lipinski definition) is 1. The monoisotopic (exact) mass is 336 g/mol. The van der Waals surface area contributed by atoms with Crippen LogP contribution < -0.4 is 4.90 Å². The van der Waals surface area contributed by atoms with Crippen LogP contribution in [-0.4, -0.2) is 40.0 Å². The summed E-state index contributed by atoms with van der Waals surface area (Å²) in [5.74, 6) is -0.564. The quantitative estimate of drug-likeness (QED) is 0.863. The Balaban J connectivity index is 1.33. The number of likely N-dealkylation sites (tertiary alicyclic amines) is 1. The van der Waals surface area contributed by atoms with Crippen molar-refractivity contribution in [3.63, 3.8) is 0 Å². The number of amides is 2. The third-order valence-corrected chi connectivity index (χ3v) is 5.75. The molecule has 3 aliphatic rings. The van der Waals surface area contributed by atoms with Crippen molar-refractivity contribution in [3.8, 4) is 0 Å². The van der Waals surface area contributed by atoms with Gasteiger partial charge in [-0.05, 0) is 37.0 Å². The number of aromatic amines is 1. The van der Waals surface area contributed by atoms with E-state index in [1.165, 1.54) is 22.6 Å². The van der Waals surface area contributed by atoms with Crippen LogP contribution in [0.4, 0.5) is 5.69 Å². The highest BCUT2D eigenvalue weighted by Crippen LogP contribution is 2.37. The number of carbonyl (C=O) groups excluding carboxylic acids is 2. The number of H-pyrrole nitrogens is 1. The van der Waals surface area contributed by atoms with Crippen molar-refractivity contribution < 1.29 is 9.59 Å². The standard InChI is InChI=1S/C19H20N4O2/c24-18-14-9-22(11-17-13-7-4-8-16(13)20-21-17)10-15(14)19(25)23(18)12-5-2-1-3-6-12/h1-3,5-6,14-15H,4,7-11H2,(H,20,21). The Morgan fingerprint density at radius 2 is 1.76 bits per heavy atom. The molecule has 6 heteroatoms. The molecule has 2 aliphatic heterocycles. The molecule has 0 saturated carbocycles. The summed E-state index contributed by atoms with van der Waals surface area (Å²) in [7, 11) is 0. The lowest BCUT2D eigenvalue weighted by Gasteiger charge is -2.20. The highest BCUT2D eigenvalue weighted by molar-refractivity contribution is 6.22. The minimum atomic E-state index is -0.223. The van der Waals surface area contributed by atoms with Gasteiger partial charge in [0.1, 0.15) is 0 Å². The average Bonchev–Trinajstić information content (AvgIpc) is 3.35. The zero-order chi connectivity index (χ0) is 17.0. The Hall–Kier alpha value is -2.47. The molecular weight excluding hydrogens is 316 g/mol. The van der Waals surface area contributed by atoms with Crippen molar-refractivity contribution in [1.29, 1.82) is 0 Å². The summed E-state index contributed by atoms with van der Waals surface area (Å²) in [6.07, 6.45) is 3.35. The lowest BCUT2D eigenvalue weighted by atomic mass is 10.00. The second kappa shape index (κ2) is 5.52. The summed E-state index contributed by atoms with van der Waals surface area (Å²) < 4.78 is 0. The second-order valence-electron chi connectivity index (χ2n) is 7.24. The number of benzene rings is 1. The molecule has 128 valence electrons. The number of nitrogens with zero attached hydrogens (tertiary/aromatic N) is 3. The first-order valence-electron chi connectivity index (χ1n) is 8.92. The molecule has 0 radical (unpaired) electrons. The number of anilines is 1. The molecular formula is C19H20N4O2. The minimum Gasteiger partial charge on any atom is -0.296 e. The number of fused-ring (bicyclic) bond motifs is 2. The van der Waals surface area contributed by atoms with Gasteiger partial charge in [-0.15, -0.1) is 0 Å². The molecule has 2 unspecified atom stereocenters. The minimum absolute atomic E-state index is 0.0593. The first-order valence-corrected chi connectivity index (χ1v) is 8.92. The maximum Gasteiger partial charge on any atom is 0.239 e. The van der Waals surface area contributed by atoms with Gasteiger partial charge in [0.05, 0.1) is 23.2 Å². The van der Waals surface area contributed by atoms with Gasteiger partial charge in [-0.3, -0.25) is 19.6 Å². The molecule has 5 rings (SSSR count). The van der Waals surface area contributed by atoms with Gasteiger partial charge in [0.15, 0.2) is 0 Å². The SMILES string of the molecule is O=C1C2CN(Cc3n[nH]c4c3CCC4)CC2C(=O)N1c1ccccc1. The predicted molar refractivity (Wildman–Crippen MR) is 91.8 cm³/mol. The van der Waals surface area contributed by atoms with Crippen LogP contribution in [0.3, 0.4) is 0 Å². The highest BCUT2D eigenvalue weighted by atomic mass is 16.2. The third kappa shape index (κ3) is 2.24. The van der Waals surface area contributed by atoms with Crippen LogP contribution in [0.5, 0.6) is 0 Å². The van der Waals surface area contributed by atoms with E-state index in [-0.39, 0.29) is 23.7 Å². The molecule has 1 aliphatic carbocycles. The topological polar surface area (TPSA) is 69.3 Å². The van der Waals surface area contributed by atoms with E-state index in [1.54, 1.807) is 0 Å². The van der Waals surface area contributed by atoms with Crippen LogP contribution >= 0.6 is 0 Å². The summed E-state index contributed by atoms with van der Waals surface area (Å²) in [5.41, 5.74) is 4.38. The highest BCUT2D eigenvalue weighted by Gasteiger charge is 2.52. The Morgan fingerprint density at radius 1 is 1.04 bits per heavy atom. The Morgan fingerprint density at radius 3 is 2.48 bits per heavy atom. The van der Waals surface area contributed by atoms with E-state index in [1.807, 2.05) is 30.3 Å². The fourth-order valence-electron chi connectivity index (χ4n) is 4.52. The van der Waals surface area contributed by atoms with E-state index in [4.69, 9.17) is 0 Å². The molecule has 3 heterocycles. The van der Waals surface area contributed by atoms with Crippen molar-refractivity contribution >= 4 is 17.5 Å². The van der Waals surface area contributed by atoms with Crippen molar-refractivity contribution in [1.82, 2.24) is 15.1 Å². The van der Waals surface area contributed by atoms with Gasteiger partial charge in [0, 0.05) is 25.3 Å². The summed E-state index contributed by atoms with van der Waals surface area (Å²) in [6.45, 7) is 2.01. The molecule has 2 amide bonds. The van der Waals surface area contributed by atoms with Gasteiger partial charge in [-0.1, -0.05) is 18.2 Å². The first kappa shape index (κ1) is 14.8. The molecule has 2 atom stereocenters. The fourth-order valence-corrected chi connectivity index (χ4v) is 4.52. The first-order chi connectivity index (χ1) is 12.2. The summed E-state index contributed by atoms with van der Waals surface area (Å²) in [5, 5.41) is 7.59. The number of imide groups is 1. The van der Waals surface area contributed by atoms with Crippen molar-refractivity contribution in [2.75, 3.05) is 18.0 Å². The van der Waals surface area contributed by atoms with Gasteiger partial charge in [-0.25, -0.2) is 4.90 Å². The molecule has 2 aromatic rings. The Bertz CT molecular complexity index is 820. The third-order valence-electron chi connectivity index (χ3n) is 5.75. The van der Waals surface area contributed by atoms with Crippen molar-refractivity contribution in [2.45, 2.75) is 25.8 Å². The molecule has 2 saturated heterocycles. The van der Waals surface area contributed by atoms with E-state index < -0.39 is 0 Å². The molecule has 1 N–H and O–H groups in total. The lowest BCUT2D eigenvalue weighted by molar-refractivity contribution is -0.123. The van der Waals surface area contributed by atoms with E-state index in [0.29, 0.717) is 18.8 Å². The fraction of sp³-hybridized carbons (Fsp3) is 0.421. The van der Waals surface area contributed by atoms with Crippen LogP contribution in [0.25, 0.3) is 0 Å². The average molecular weight is 336 g/mol. The maximum atomic E-state index is 12.8. The number of rotatable bonds is 3. The molecule has 1 aromatic carbocycles. The van der Waals surface area contributed by atoms with E-state index in [2.05, 4.69) is 15.1 Å². The van der Waals surface area contributed by atoms with Gasteiger partial charge in [0.2, 0.25) is 11.8 Å². The van der Waals surface area contributed by atoms with Crippen molar-refractivity contribution in [3.05, 3.63) is 47.3 Å². The van der Waals surface area contributed by atoms with Crippen LogP contribution in [0.1, 0.15) is 23.4 Å². The lowest BCUT2D eigenvalue weighted by Crippen LogP contribution is -2.36. The van der Waals surface area contributed by atoms with Gasteiger partial charge in [0.25, 0.3) is 0 Å². The largest absolute Gasteiger partial charge is 0.296 e. The molecule has 1 aromatic heterocycles. The number of para-hydroxylation sites is 1. The molecule has 25 heavy (non-hydrogen) atoms. The number of nitrogens with one attached hydrogen (secondary N) is 1. The number of carbonyl (C=O) groups is 2. The predicted octanol–water partition coefficient (Wildman–Crippen LogP) is 1.52. The maximum absolute atomic E-state index is 12.8. The Labute approximate surface area is 145 Å². The summed E-state index contributed by atoms with van der Waals surface area (Å²) in [4.78, 5) is 29.2. The van der Waals surface area contributed by atoms with Gasteiger partial charge >= 0.3 is 0 Å². The van der Waals surface area contributed by atoms with Gasteiger partial charge in [-0.2, -0.15) is 5.10 Å². The molecule has 0 spiro atoms.